The second kappa shape index (κ2) is 7.29. The molecule has 1 amide bonds. The lowest BCUT2D eigenvalue weighted by molar-refractivity contribution is 0.0966. The third-order valence-corrected chi connectivity index (χ3v) is 4.06. The Hall–Kier alpha value is -1.97. The molecule has 0 saturated carbocycles. The highest BCUT2D eigenvalue weighted by Crippen LogP contribution is 2.26. The van der Waals surface area contributed by atoms with E-state index in [1.807, 2.05) is 12.1 Å². The van der Waals surface area contributed by atoms with Crippen LogP contribution >= 0.6 is 23.2 Å². The molecule has 0 aliphatic rings. The van der Waals surface area contributed by atoms with Crippen molar-refractivity contribution in [1.29, 1.82) is 0 Å². The highest BCUT2D eigenvalue weighted by molar-refractivity contribution is 6.35. The van der Waals surface area contributed by atoms with Crippen molar-refractivity contribution in [2.45, 2.75) is 26.2 Å². The lowest BCUT2D eigenvalue weighted by Gasteiger charge is -2.19. The SMILES string of the molecule is C=C(NC(=O)c1ccc(C(C)(C)C)cc1)Nc1cc(Cl)ccc1Cl. The van der Waals surface area contributed by atoms with Crippen LogP contribution in [0, 0.1) is 0 Å². The largest absolute Gasteiger partial charge is 0.341 e. The van der Waals surface area contributed by atoms with E-state index in [4.69, 9.17) is 23.2 Å². The highest BCUT2D eigenvalue weighted by atomic mass is 35.5. The second-order valence-electron chi connectivity index (χ2n) is 6.51. The standard InChI is InChI=1S/C19H20Cl2N2O/c1-12(22-17-11-15(20)9-10-16(17)21)23-18(24)13-5-7-14(8-6-13)19(2,3)4/h5-11,22H,1H2,2-4H3,(H,23,24). The van der Waals surface area contributed by atoms with E-state index in [0.29, 0.717) is 27.1 Å². The molecule has 2 N–H and O–H groups in total. The highest BCUT2D eigenvalue weighted by Gasteiger charge is 2.14. The maximum atomic E-state index is 12.3. The maximum Gasteiger partial charge on any atom is 0.256 e. The molecule has 0 radical (unpaired) electrons. The molecule has 0 heterocycles. The molecule has 0 spiro atoms. The van der Waals surface area contributed by atoms with Gasteiger partial charge in [0.1, 0.15) is 5.82 Å². The van der Waals surface area contributed by atoms with E-state index in [-0.39, 0.29) is 11.3 Å². The van der Waals surface area contributed by atoms with Gasteiger partial charge in [-0.15, -0.1) is 0 Å². The van der Waals surface area contributed by atoms with Gasteiger partial charge in [0.05, 0.1) is 10.7 Å². The molecule has 2 rings (SSSR count). The number of amides is 1. The molecule has 0 aliphatic carbocycles. The third kappa shape index (κ3) is 4.76. The zero-order chi connectivity index (χ0) is 17.9. The van der Waals surface area contributed by atoms with E-state index >= 15 is 0 Å². The van der Waals surface area contributed by atoms with Gasteiger partial charge in [-0.05, 0) is 41.3 Å². The van der Waals surface area contributed by atoms with Gasteiger partial charge in [0.25, 0.3) is 5.91 Å². The normalized spacial score (nSPS) is 11.0. The Morgan fingerprint density at radius 2 is 1.67 bits per heavy atom. The average molecular weight is 363 g/mol. The van der Waals surface area contributed by atoms with Crippen LogP contribution in [0.1, 0.15) is 36.7 Å². The number of carbonyl (C=O) groups is 1. The summed E-state index contributed by atoms with van der Waals surface area (Å²) in [4.78, 5) is 12.3. The van der Waals surface area contributed by atoms with Crippen molar-refractivity contribution >= 4 is 34.8 Å². The lowest BCUT2D eigenvalue weighted by Crippen LogP contribution is -2.26. The summed E-state index contributed by atoms with van der Waals surface area (Å²) in [5.41, 5.74) is 2.35. The van der Waals surface area contributed by atoms with Gasteiger partial charge in [0, 0.05) is 10.6 Å². The molecular formula is C19H20Cl2N2O. The summed E-state index contributed by atoms with van der Waals surface area (Å²) in [6.07, 6.45) is 0. The monoisotopic (exact) mass is 362 g/mol. The minimum absolute atomic E-state index is 0.0451. The van der Waals surface area contributed by atoms with Gasteiger partial charge in [-0.1, -0.05) is 62.7 Å². The van der Waals surface area contributed by atoms with Crippen molar-refractivity contribution in [1.82, 2.24) is 5.32 Å². The Morgan fingerprint density at radius 1 is 1.04 bits per heavy atom. The maximum absolute atomic E-state index is 12.3. The summed E-state index contributed by atoms with van der Waals surface area (Å²) < 4.78 is 0. The van der Waals surface area contributed by atoms with Gasteiger partial charge in [0.2, 0.25) is 0 Å². The number of nitrogens with one attached hydrogen (secondary N) is 2. The zero-order valence-corrected chi connectivity index (χ0v) is 15.4. The smallest absolute Gasteiger partial charge is 0.256 e. The molecule has 2 aromatic carbocycles. The van der Waals surface area contributed by atoms with Crippen molar-refractivity contribution in [3.63, 3.8) is 0 Å². The predicted molar refractivity (Wildman–Crippen MR) is 102 cm³/mol. The van der Waals surface area contributed by atoms with Crippen LogP contribution in [-0.2, 0) is 5.41 Å². The molecule has 0 unspecified atom stereocenters. The van der Waals surface area contributed by atoms with Gasteiger partial charge in [0.15, 0.2) is 0 Å². The Morgan fingerprint density at radius 3 is 2.25 bits per heavy atom. The van der Waals surface area contributed by atoms with Crippen molar-refractivity contribution in [3.8, 4) is 0 Å². The zero-order valence-electron chi connectivity index (χ0n) is 13.9. The summed E-state index contributed by atoms with van der Waals surface area (Å²) in [6, 6.07) is 12.5. The fourth-order valence-corrected chi connectivity index (χ4v) is 2.45. The number of benzene rings is 2. The van der Waals surface area contributed by atoms with E-state index in [1.165, 1.54) is 5.56 Å². The van der Waals surface area contributed by atoms with Gasteiger partial charge in [-0.2, -0.15) is 0 Å². The number of anilines is 1. The first-order chi connectivity index (χ1) is 11.2. The quantitative estimate of drug-likeness (QED) is 0.742. The van der Waals surface area contributed by atoms with Crippen LogP contribution in [0.4, 0.5) is 5.69 Å². The van der Waals surface area contributed by atoms with E-state index < -0.39 is 0 Å². The van der Waals surface area contributed by atoms with Crippen LogP contribution in [0.25, 0.3) is 0 Å². The van der Waals surface area contributed by atoms with Gasteiger partial charge < -0.3 is 10.6 Å². The Kier molecular flexibility index (Phi) is 5.58. The summed E-state index contributed by atoms with van der Waals surface area (Å²) >= 11 is 12.0. The van der Waals surface area contributed by atoms with Gasteiger partial charge >= 0.3 is 0 Å². The minimum atomic E-state index is -0.244. The molecule has 0 fully saturated rings. The number of halogens is 2. The van der Waals surface area contributed by atoms with Gasteiger partial charge in [-0.3, -0.25) is 4.79 Å². The number of hydrogen-bond donors (Lipinski definition) is 2. The van der Waals surface area contributed by atoms with Crippen molar-refractivity contribution in [2.75, 3.05) is 5.32 Å². The van der Waals surface area contributed by atoms with E-state index in [1.54, 1.807) is 30.3 Å². The molecule has 5 heteroatoms. The van der Waals surface area contributed by atoms with Crippen LogP contribution < -0.4 is 10.6 Å². The third-order valence-electron chi connectivity index (χ3n) is 3.49. The second-order valence-corrected chi connectivity index (χ2v) is 7.35. The average Bonchev–Trinajstić information content (AvgIpc) is 2.50. The molecule has 0 bridgehead atoms. The van der Waals surface area contributed by atoms with E-state index in [2.05, 4.69) is 38.0 Å². The van der Waals surface area contributed by atoms with Gasteiger partial charge in [-0.25, -0.2) is 0 Å². The first-order valence-corrected chi connectivity index (χ1v) is 8.25. The summed E-state index contributed by atoms with van der Waals surface area (Å²) in [6.45, 7) is 10.2. The molecular weight excluding hydrogens is 343 g/mol. The molecule has 0 aromatic heterocycles. The number of rotatable bonds is 4. The Labute approximate surface area is 152 Å². The van der Waals surface area contributed by atoms with Crippen LogP contribution in [0.2, 0.25) is 10.0 Å². The van der Waals surface area contributed by atoms with E-state index in [0.717, 1.165) is 0 Å². The predicted octanol–water partition coefficient (Wildman–Crippen LogP) is 5.60. The minimum Gasteiger partial charge on any atom is -0.341 e. The molecule has 0 atom stereocenters. The molecule has 3 nitrogen and oxygen atoms in total. The molecule has 24 heavy (non-hydrogen) atoms. The van der Waals surface area contributed by atoms with Crippen LogP contribution in [0.3, 0.4) is 0 Å². The van der Waals surface area contributed by atoms with Crippen molar-refractivity contribution in [2.24, 2.45) is 0 Å². The number of carbonyl (C=O) groups excluding carboxylic acids is 1. The molecule has 126 valence electrons. The topological polar surface area (TPSA) is 41.1 Å². The molecule has 0 saturated heterocycles. The summed E-state index contributed by atoms with van der Waals surface area (Å²) in [5.74, 6) is 0.0789. The fraction of sp³-hybridized carbons (Fsp3) is 0.211. The van der Waals surface area contributed by atoms with Crippen LogP contribution in [0.15, 0.2) is 54.9 Å². The lowest BCUT2D eigenvalue weighted by atomic mass is 9.87. The fourth-order valence-electron chi connectivity index (χ4n) is 2.12. The summed E-state index contributed by atoms with van der Waals surface area (Å²) in [7, 11) is 0. The van der Waals surface area contributed by atoms with Crippen LogP contribution in [-0.4, -0.2) is 5.91 Å². The Balaban J connectivity index is 2.04. The van der Waals surface area contributed by atoms with Crippen molar-refractivity contribution < 1.29 is 4.79 Å². The van der Waals surface area contributed by atoms with E-state index in [9.17, 15) is 4.79 Å². The summed E-state index contributed by atoms with van der Waals surface area (Å²) in [5, 5.41) is 6.68. The Bertz CT molecular complexity index is 762. The first kappa shape index (κ1) is 18.4. The van der Waals surface area contributed by atoms with Crippen molar-refractivity contribution in [3.05, 3.63) is 76.0 Å². The first-order valence-electron chi connectivity index (χ1n) is 7.50. The van der Waals surface area contributed by atoms with Crippen LogP contribution in [0.5, 0.6) is 0 Å². The molecule has 2 aromatic rings. The number of hydrogen-bond acceptors (Lipinski definition) is 2. The molecule has 0 aliphatic heterocycles.